The number of rotatable bonds is 3. The molecule has 32 heavy (non-hydrogen) atoms. The first-order chi connectivity index (χ1) is 15.4. The minimum absolute atomic E-state index is 0.0471. The Morgan fingerprint density at radius 1 is 0.781 bits per heavy atom. The van der Waals surface area contributed by atoms with Crippen molar-refractivity contribution < 1.29 is 0 Å². The van der Waals surface area contributed by atoms with Gasteiger partial charge in [0.15, 0.2) is 5.65 Å². The molecule has 0 spiro atoms. The number of aromatic nitrogens is 3. The third-order valence-electron chi connectivity index (χ3n) is 6.30. The van der Waals surface area contributed by atoms with Gasteiger partial charge in [0.25, 0.3) is 0 Å². The maximum Gasteiger partial charge on any atom is 0.165 e. The molecule has 2 aromatic heterocycles. The smallest absolute Gasteiger partial charge is 0.165 e. The lowest BCUT2D eigenvalue weighted by atomic mass is 9.91. The van der Waals surface area contributed by atoms with Crippen LogP contribution in [0.5, 0.6) is 0 Å². The van der Waals surface area contributed by atoms with E-state index in [-0.39, 0.29) is 5.41 Å². The van der Waals surface area contributed by atoms with Gasteiger partial charge in [0, 0.05) is 48.9 Å². The number of anilines is 2. The number of para-hydroxylation sites is 1. The first-order valence-corrected chi connectivity index (χ1v) is 11.4. The zero-order valence-corrected chi connectivity index (χ0v) is 19.4. The largest absolute Gasteiger partial charge is 0.368 e. The average molecular weight is 426 g/mol. The average Bonchev–Trinajstić information content (AvgIpc) is 3.15. The van der Waals surface area contributed by atoms with Gasteiger partial charge in [-0.3, -0.25) is 0 Å². The SMILES string of the molecule is Cc1nn2c(N3CCN(c4ccccc4)CC3)cc(C(C)(C)C)nc2c1-c1ccccc1. The Morgan fingerprint density at radius 3 is 2.00 bits per heavy atom. The van der Waals surface area contributed by atoms with Gasteiger partial charge in [-0.2, -0.15) is 9.61 Å². The van der Waals surface area contributed by atoms with E-state index in [1.807, 2.05) is 0 Å². The summed E-state index contributed by atoms with van der Waals surface area (Å²) in [6.45, 7) is 12.7. The maximum atomic E-state index is 5.13. The number of piperazine rings is 1. The molecule has 1 aliphatic heterocycles. The quantitative estimate of drug-likeness (QED) is 0.445. The van der Waals surface area contributed by atoms with Crippen molar-refractivity contribution in [3.63, 3.8) is 0 Å². The summed E-state index contributed by atoms with van der Waals surface area (Å²) < 4.78 is 2.06. The summed E-state index contributed by atoms with van der Waals surface area (Å²) in [6.07, 6.45) is 0. The van der Waals surface area contributed by atoms with Gasteiger partial charge < -0.3 is 9.80 Å². The molecule has 5 nitrogen and oxygen atoms in total. The van der Waals surface area contributed by atoms with Gasteiger partial charge in [0.2, 0.25) is 0 Å². The summed E-state index contributed by atoms with van der Waals surface area (Å²) in [5.74, 6) is 1.14. The fourth-order valence-corrected chi connectivity index (χ4v) is 4.49. The van der Waals surface area contributed by atoms with E-state index in [1.54, 1.807) is 0 Å². The molecule has 1 aliphatic rings. The highest BCUT2D eigenvalue weighted by Gasteiger charge is 2.26. The third-order valence-corrected chi connectivity index (χ3v) is 6.30. The molecule has 0 unspecified atom stereocenters. The number of fused-ring (bicyclic) bond motifs is 1. The van der Waals surface area contributed by atoms with Crippen LogP contribution in [0.2, 0.25) is 0 Å². The van der Waals surface area contributed by atoms with Crippen LogP contribution in [0.1, 0.15) is 32.2 Å². The molecule has 0 atom stereocenters. The molecule has 5 rings (SSSR count). The van der Waals surface area contributed by atoms with Crippen LogP contribution in [0, 0.1) is 6.92 Å². The summed E-state index contributed by atoms with van der Waals surface area (Å²) in [5, 5.41) is 4.96. The van der Waals surface area contributed by atoms with Gasteiger partial charge in [-0.15, -0.1) is 0 Å². The number of nitrogens with zero attached hydrogens (tertiary/aromatic N) is 5. The van der Waals surface area contributed by atoms with Crippen LogP contribution >= 0.6 is 0 Å². The zero-order valence-electron chi connectivity index (χ0n) is 19.4. The van der Waals surface area contributed by atoms with E-state index in [4.69, 9.17) is 10.1 Å². The van der Waals surface area contributed by atoms with Gasteiger partial charge in [-0.25, -0.2) is 4.98 Å². The van der Waals surface area contributed by atoms with E-state index in [0.29, 0.717) is 0 Å². The Labute approximate surface area is 190 Å². The van der Waals surface area contributed by atoms with Gasteiger partial charge in [-0.1, -0.05) is 69.3 Å². The second-order valence-corrected chi connectivity index (χ2v) is 9.62. The molecule has 0 saturated carbocycles. The summed E-state index contributed by atoms with van der Waals surface area (Å²) in [7, 11) is 0. The van der Waals surface area contributed by atoms with E-state index in [9.17, 15) is 0 Å². The van der Waals surface area contributed by atoms with Crippen molar-refractivity contribution in [2.24, 2.45) is 0 Å². The van der Waals surface area contributed by atoms with Gasteiger partial charge in [0.05, 0.1) is 11.4 Å². The van der Waals surface area contributed by atoms with E-state index >= 15 is 0 Å². The van der Waals surface area contributed by atoms with Crippen molar-refractivity contribution in [1.82, 2.24) is 14.6 Å². The summed E-state index contributed by atoms with van der Waals surface area (Å²) in [4.78, 5) is 10.0. The van der Waals surface area contributed by atoms with Crippen LogP contribution in [0.3, 0.4) is 0 Å². The number of hydrogen-bond donors (Lipinski definition) is 0. The molecular formula is C27H31N5. The van der Waals surface area contributed by atoms with Gasteiger partial charge in [0.1, 0.15) is 5.82 Å². The van der Waals surface area contributed by atoms with Crippen molar-refractivity contribution in [3.8, 4) is 11.1 Å². The minimum atomic E-state index is -0.0471. The predicted molar refractivity (Wildman–Crippen MR) is 133 cm³/mol. The highest BCUT2D eigenvalue weighted by atomic mass is 15.4. The van der Waals surface area contributed by atoms with Crippen LogP contribution in [0.15, 0.2) is 66.7 Å². The lowest BCUT2D eigenvalue weighted by Crippen LogP contribution is -2.47. The molecule has 1 saturated heterocycles. The van der Waals surface area contributed by atoms with Gasteiger partial charge in [-0.05, 0) is 24.6 Å². The summed E-state index contributed by atoms with van der Waals surface area (Å²) in [6, 6.07) is 23.4. The molecular weight excluding hydrogens is 394 g/mol. The Kier molecular flexibility index (Phi) is 5.12. The number of aryl methyl sites for hydroxylation is 1. The summed E-state index contributed by atoms with van der Waals surface area (Å²) >= 11 is 0. The molecule has 0 N–H and O–H groups in total. The van der Waals surface area contributed by atoms with E-state index in [1.165, 1.54) is 11.3 Å². The first-order valence-electron chi connectivity index (χ1n) is 11.4. The predicted octanol–water partition coefficient (Wildman–Crippen LogP) is 5.33. The molecule has 0 aliphatic carbocycles. The molecule has 5 heteroatoms. The fourth-order valence-electron chi connectivity index (χ4n) is 4.49. The Bertz CT molecular complexity index is 1210. The molecule has 164 valence electrons. The molecule has 2 aromatic carbocycles. The van der Waals surface area contributed by atoms with Crippen LogP contribution in [-0.2, 0) is 5.41 Å². The van der Waals surface area contributed by atoms with Crippen molar-refractivity contribution in [3.05, 3.63) is 78.1 Å². The second kappa shape index (κ2) is 7.97. The monoisotopic (exact) mass is 425 g/mol. The van der Waals surface area contributed by atoms with Crippen LogP contribution in [-0.4, -0.2) is 40.8 Å². The Morgan fingerprint density at radius 2 is 1.38 bits per heavy atom. The lowest BCUT2D eigenvalue weighted by Gasteiger charge is -2.37. The topological polar surface area (TPSA) is 36.7 Å². The second-order valence-electron chi connectivity index (χ2n) is 9.62. The maximum absolute atomic E-state index is 5.13. The van der Waals surface area contributed by atoms with E-state index < -0.39 is 0 Å². The van der Waals surface area contributed by atoms with Crippen molar-refractivity contribution in [1.29, 1.82) is 0 Å². The fraction of sp³-hybridized carbons (Fsp3) is 0.333. The van der Waals surface area contributed by atoms with Crippen molar-refractivity contribution >= 4 is 17.2 Å². The molecule has 0 amide bonds. The molecule has 1 fully saturated rings. The highest BCUT2D eigenvalue weighted by molar-refractivity contribution is 5.81. The van der Waals surface area contributed by atoms with Crippen LogP contribution in [0.4, 0.5) is 11.5 Å². The summed E-state index contributed by atoms with van der Waals surface area (Å²) in [5.41, 5.74) is 6.60. The van der Waals surface area contributed by atoms with Gasteiger partial charge >= 0.3 is 0 Å². The highest BCUT2D eigenvalue weighted by Crippen LogP contribution is 2.33. The molecule has 0 radical (unpaired) electrons. The molecule has 3 heterocycles. The van der Waals surface area contributed by atoms with Crippen LogP contribution in [0.25, 0.3) is 16.8 Å². The third kappa shape index (κ3) is 3.72. The van der Waals surface area contributed by atoms with Crippen molar-refractivity contribution in [2.75, 3.05) is 36.0 Å². The Balaban J connectivity index is 1.57. The van der Waals surface area contributed by atoms with E-state index in [0.717, 1.165) is 54.6 Å². The normalized spacial score (nSPS) is 14.9. The molecule has 4 aromatic rings. The van der Waals surface area contributed by atoms with E-state index in [2.05, 4.69) is 109 Å². The van der Waals surface area contributed by atoms with Crippen molar-refractivity contribution in [2.45, 2.75) is 33.1 Å². The Hall–Kier alpha value is -3.34. The lowest BCUT2D eigenvalue weighted by molar-refractivity contribution is 0.565. The zero-order chi connectivity index (χ0) is 22.3. The minimum Gasteiger partial charge on any atom is -0.368 e. The first kappa shape index (κ1) is 20.6. The number of hydrogen-bond acceptors (Lipinski definition) is 4. The standard InChI is InChI=1S/C27H31N5/c1-20-25(21-11-7-5-8-12-21)26-28-23(27(2,3)4)19-24(32(26)29-20)31-17-15-30(16-18-31)22-13-9-6-10-14-22/h5-14,19H,15-18H2,1-4H3. The molecule has 0 bridgehead atoms. The van der Waals surface area contributed by atoms with Crippen LogP contribution < -0.4 is 9.80 Å². The number of benzene rings is 2.